The van der Waals surface area contributed by atoms with Crippen molar-refractivity contribution >= 4 is 0 Å². The van der Waals surface area contributed by atoms with Crippen LogP contribution >= 0.6 is 0 Å². The first-order chi connectivity index (χ1) is 10.5. The highest BCUT2D eigenvalue weighted by Gasteiger charge is 2.57. The molecule has 0 heterocycles. The zero-order chi connectivity index (χ0) is 17.5. The third kappa shape index (κ3) is 3.52. The van der Waals surface area contributed by atoms with Crippen molar-refractivity contribution in [3.8, 4) is 0 Å². The molecule has 3 heteroatoms. The lowest BCUT2D eigenvalue weighted by molar-refractivity contribution is -0.169. The summed E-state index contributed by atoms with van der Waals surface area (Å²) < 4.78 is 0. The van der Waals surface area contributed by atoms with Crippen molar-refractivity contribution in [2.24, 2.45) is 22.7 Å². The van der Waals surface area contributed by atoms with Crippen molar-refractivity contribution in [1.82, 2.24) is 0 Å². The van der Waals surface area contributed by atoms with Gasteiger partial charge in [0.05, 0.1) is 18.3 Å². The normalized spacial score (nSPS) is 41.2. The minimum atomic E-state index is -0.838. The second-order valence-electron chi connectivity index (χ2n) is 9.24. The molecule has 2 saturated carbocycles. The van der Waals surface area contributed by atoms with E-state index in [0.717, 1.165) is 19.3 Å². The molecular weight excluding hydrogens is 288 g/mol. The minimum Gasteiger partial charge on any atom is -0.393 e. The van der Waals surface area contributed by atoms with Crippen LogP contribution in [-0.2, 0) is 0 Å². The minimum absolute atomic E-state index is 0.147. The average molecular weight is 325 g/mol. The van der Waals surface area contributed by atoms with Gasteiger partial charge >= 0.3 is 0 Å². The van der Waals surface area contributed by atoms with E-state index in [2.05, 4.69) is 27.4 Å². The fraction of sp³-hybridized carbons (Fsp3) is 0.900. The van der Waals surface area contributed by atoms with Crippen molar-refractivity contribution in [2.75, 3.05) is 6.61 Å². The maximum absolute atomic E-state index is 11.1. The lowest BCUT2D eigenvalue weighted by atomic mass is 9.45. The lowest BCUT2D eigenvalue weighted by Gasteiger charge is -2.61. The van der Waals surface area contributed by atoms with Gasteiger partial charge in [-0.1, -0.05) is 33.8 Å². The van der Waals surface area contributed by atoms with E-state index in [1.54, 1.807) is 0 Å². The summed E-state index contributed by atoms with van der Waals surface area (Å²) in [4.78, 5) is 0. The van der Waals surface area contributed by atoms with Gasteiger partial charge in [-0.3, -0.25) is 0 Å². The number of rotatable bonds is 5. The van der Waals surface area contributed by atoms with Gasteiger partial charge in [-0.25, -0.2) is 0 Å². The van der Waals surface area contributed by atoms with E-state index >= 15 is 0 Å². The first-order valence-corrected chi connectivity index (χ1v) is 9.23. The van der Waals surface area contributed by atoms with Gasteiger partial charge in [0.1, 0.15) is 0 Å². The van der Waals surface area contributed by atoms with E-state index in [1.165, 1.54) is 19.3 Å². The number of hydrogen-bond donors (Lipinski definition) is 3. The van der Waals surface area contributed by atoms with Gasteiger partial charge in [-0.15, -0.1) is 0 Å². The SMILES string of the molecule is C=C(CC[C@@H]1[C@@]2(C)CCCC(C)(C)[C@@H]2CC[C@@]1(C)O)[C@@H](O)CO. The van der Waals surface area contributed by atoms with Crippen LogP contribution in [-0.4, -0.2) is 33.6 Å². The maximum atomic E-state index is 11.1. The summed E-state index contributed by atoms with van der Waals surface area (Å²) in [6, 6.07) is 0. The first-order valence-electron chi connectivity index (χ1n) is 9.23. The maximum Gasteiger partial charge on any atom is 0.0978 e. The predicted molar refractivity (Wildman–Crippen MR) is 94.0 cm³/mol. The fourth-order valence-electron chi connectivity index (χ4n) is 5.89. The topological polar surface area (TPSA) is 60.7 Å². The Bertz CT molecular complexity index is 440. The van der Waals surface area contributed by atoms with Crippen LogP contribution in [0.3, 0.4) is 0 Å². The summed E-state index contributed by atoms with van der Waals surface area (Å²) in [5.41, 5.74) is 0.518. The molecule has 0 unspecified atom stereocenters. The second kappa shape index (κ2) is 6.50. The van der Waals surface area contributed by atoms with Gasteiger partial charge in [0.2, 0.25) is 0 Å². The van der Waals surface area contributed by atoms with Crippen molar-refractivity contribution in [2.45, 2.75) is 84.3 Å². The smallest absolute Gasteiger partial charge is 0.0978 e. The zero-order valence-electron chi connectivity index (χ0n) is 15.4. The lowest BCUT2D eigenvalue weighted by Crippen LogP contribution is -2.57. The Morgan fingerprint density at radius 1 is 1.17 bits per heavy atom. The molecule has 0 aliphatic heterocycles. The number of fused-ring (bicyclic) bond motifs is 1. The van der Waals surface area contributed by atoms with E-state index in [-0.39, 0.29) is 17.9 Å². The summed E-state index contributed by atoms with van der Waals surface area (Å²) >= 11 is 0. The summed E-state index contributed by atoms with van der Waals surface area (Å²) in [6.45, 7) is 12.8. The molecule has 0 spiro atoms. The summed E-state index contributed by atoms with van der Waals surface area (Å²) in [5.74, 6) is 0.862. The van der Waals surface area contributed by atoms with Crippen LogP contribution in [0.1, 0.15) is 72.6 Å². The third-order valence-corrected chi connectivity index (χ3v) is 7.16. The summed E-state index contributed by atoms with van der Waals surface area (Å²) in [5, 5.41) is 29.9. The van der Waals surface area contributed by atoms with Crippen LogP contribution in [0.2, 0.25) is 0 Å². The molecule has 23 heavy (non-hydrogen) atoms. The van der Waals surface area contributed by atoms with Gasteiger partial charge in [0, 0.05) is 0 Å². The van der Waals surface area contributed by atoms with Crippen molar-refractivity contribution < 1.29 is 15.3 Å². The predicted octanol–water partition coefficient (Wildman–Crippen LogP) is 3.67. The average Bonchev–Trinajstić information content (AvgIpc) is 2.43. The van der Waals surface area contributed by atoms with Crippen LogP contribution in [0.5, 0.6) is 0 Å². The number of aliphatic hydroxyl groups excluding tert-OH is 2. The molecule has 0 aromatic rings. The molecule has 5 atom stereocenters. The van der Waals surface area contributed by atoms with Crippen LogP contribution < -0.4 is 0 Å². The monoisotopic (exact) mass is 324 g/mol. The Morgan fingerprint density at radius 3 is 2.43 bits per heavy atom. The second-order valence-corrected chi connectivity index (χ2v) is 9.24. The summed E-state index contributed by atoms with van der Waals surface area (Å²) in [6.07, 6.45) is 6.32. The molecule has 0 amide bonds. The molecule has 3 nitrogen and oxygen atoms in total. The molecule has 3 N–H and O–H groups in total. The Hall–Kier alpha value is -0.380. The van der Waals surface area contributed by atoms with E-state index in [9.17, 15) is 10.2 Å². The molecule has 2 aliphatic carbocycles. The quantitative estimate of drug-likeness (QED) is 0.676. The van der Waals surface area contributed by atoms with Crippen molar-refractivity contribution in [3.05, 3.63) is 12.2 Å². The van der Waals surface area contributed by atoms with E-state index in [4.69, 9.17) is 5.11 Å². The van der Waals surface area contributed by atoms with E-state index < -0.39 is 11.7 Å². The van der Waals surface area contributed by atoms with E-state index in [0.29, 0.717) is 23.3 Å². The highest BCUT2D eigenvalue weighted by molar-refractivity contribution is 5.09. The third-order valence-electron chi connectivity index (χ3n) is 7.16. The van der Waals surface area contributed by atoms with Gasteiger partial charge in [0.15, 0.2) is 0 Å². The Labute approximate surface area is 141 Å². The van der Waals surface area contributed by atoms with Crippen LogP contribution in [0, 0.1) is 22.7 Å². The molecule has 2 rings (SSSR count). The molecule has 0 saturated heterocycles. The fourth-order valence-corrected chi connectivity index (χ4v) is 5.89. The van der Waals surface area contributed by atoms with Crippen molar-refractivity contribution in [1.29, 1.82) is 0 Å². The summed E-state index contributed by atoms with van der Waals surface area (Å²) in [7, 11) is 0. The van der Waals surface area contributed by atoms with Crippen molar-refractivity contribution in [3.63, 3.8) is 0 Å². The number of aliphatic hydroxyl groups is 3. The van der Waals surface area contributed by atoms with Crippen LogP contribution in [0.25, 0.3) is 0 Å². The zero-order valence-corrected chi connectivity index (χ0v) is 15.4. The highest BCUT2D eigenvalue weighted by Crippen LogP contribution is 2.62. The van der Waals surface area contributed by atoms with Gasteiger partial charge in [-0.05, 0) is 73.7 Å². The van der Waals surface area contributed by atoms with Gasteiger partial charge in [-0.2, -0.15) is 0 Å². The van der Waals surface area contributed by atoms with Crippen LogP contribution in [0.4, 0.5) is 0 Å². The molecule has 134 valence electrons. The largest absolute Gasteiger partial charge is 0.393 e. The molecule has 0 bridgehead atoms. The molecule has 2 aliphatic rings. The Kier molecular flexibility index (Phi) is 5.35. The standard InChI is InChI=1S/C20H36O3/c1-14(15(22)13-21)7-8-17-19(4)11-6-10-18(2,3)16(19)9-12-20(17,5)23/h15-17,21-23H,1,6-13H2,2-5H3/t15-,16-,17+,19-,20+/m0/s1. The first kappa shape index (κ1) is 19.0. The Balaban J connectivity index is 2.21. The highest BCUT2D eigenvalue weighted by atomic mass is 16.3. The van der Waals surface area contributed by atoms with Gasteiger partial charge in [0.25, 0.3) is 0 Å². The number of hydrogen-bond acceptors (Lipinski definition) is 3. The molecule has 0 radical (unpaired) electrons. The van der Waals surface area contributed by atoms with Gasteiger partial charge < -0.3 is 15.3 Å². The van der Waals surface area contributed by atoms with Crippen LogP contribution in [0.15, 0.2) is 12.2 Å². The molecule has 0 aromatic carbocycles. The van der Waals surface area contributed by atoms with E-state index in [1.807, 2.05) is 6.92 Å². The molecule has 2 fully saturated rings. The molecular formula is C20H36O3. The Morgan fingerprint density at radius 2 is 1.83 bits per heavy atom. The molecule has 0 aromatic heterocycles.